The minimum absolute atomic E-state index is 0. The summed E-state index contributed by atoms with van der Waals surface area (Å²) < 4.78 is 1.86. The molecule has 0 aliphatic heterocycles. The van der Waals surface area contributed by atoms with Gasteiger partial charge in [0, 0.05) is 25.6 Å². The zero-order chi connectivity index (χ0) is 14.3. The second-order valence-electron chi connectivity index (χ2n) is 4.33. The Bertz CT molecular complexity index is 823. The van der Waals surface area contributed by atoms with E-state index in [1.165, 1.54) is 0 Å². The smallest absolute Gasteiger partial charge is 0.164 e. The minimum atomic E-state index is 0. The number of halogens is 3. The van der Waals surface area contributed by atoms with E-state index in [1.54, 1.807) is 0 Å². The van der Waals surface area contributed by atoms with Gasteiger partial charge < -0.3 is 11.5 Å². The quantitative estimate of drug-likeness (QED) is 0.561. The van der Waals surface area contributed by atoms with Gasteiger partial charge in [-0.05, 0) is 36.4 Å². The maximum Gasteiger partial charge on any atom is 0.164 e. The van der Waals surface area contributed by atoms with Crippen LogP contribution in [-0.2, 0) is 0 Å². The number of nitrogens with two attached hydrogens (primary N) is 2. The summed E-state index contributed by atoms with van der Waals surface area (Å²) in [6, 6.07) is 11.3. The van der Waals surface area contributed by atoms with Crippen molar-refractivity contribution in [3.63, 3.8) is 0 Å². The molecular weight excluding hydrogens is 419 g/mol. The zero-order valence-electron chi connectivity index (χ0n) is 10.7. The van der Waals surface area contributed by atoms with Crippen LogP contribution in [-0.4, -0.2) is 9.97 Å². The summed E-state index contributed by atoms with van der Waals surface area (Å²) in [5.41, 5.74) is 14.2. The molecule has 2 aromatic carbocycles. The highest BCUT2D eigenvalue weighted by atomic mass is 79.9. The number of aromatic nitrogens is 2. The molecule has 1 aromatic heterocycles. The third kappa shape index (κ3) is 3.12. The zero-order valence-corrected chi connectivity index (χ0v) is 14.7. The van der Waals surface area contributed by atoms with E-state index in [4.69, 9.17) is 11.5 Å². The SMILES string of the molecule is Cl.Nc1ccc(Br)cc1-c1nc(N)c2cc(Br)ccc2n1. The van der Waals surface area contributed by atoms with Crippen molar-refractivity contribution in [2.24, 2.45) is 0 Å². The normalized spacial score (nSPS) is 10.4. The van der Waals surface area contributed by atoms with Crippen LogP contribution in [0, 0.1) is 0 Å². The van der Waals surface area contributed by atoms with Crippen molar-refractivity contribution in [2.45, 2.75) is 0 Å². The molecule has 3 rings (SSSR count). The highest BCUT2D eigenvalue weighted by molar-refractivity contribution is 9.10. The highest BCUT2D eigenvalue weighted by Gasteiger charge is 2.10. The van der Waals surface area contributed by atoms with E-state index in [1.807, 2.05) is 36.4 Å². The molecule has 0 saturated carbocycles. The van der Waals surface area contributed by atoms with Crippen LogP contribution in [0.2, 0.25) is 0 Å². The summed E-state index contributed by atoms with van der Waals surface area (Å²) in [6.07, 6.45) is 0. The average Bonchev–Trinajstić information content (AvgIpc) is 2.42. The van der Waals surface area contributed by atoms with Crippen LogP contribution in [0.4, 0.5) is 11.5 Å². The molecule has 4 nitrogen and oxygen atoms in total. The molecule has 7 heteroatoms. The Morgan fingerprint density at radius 2 is 1.52 bits per heavy atom. The first kappa shape index (κ1) is 16.0. The second-order valence-corrected chi connectivity index (χ2v) is 6.16. The van der Waals surface area contributed by atoms with Crippen molar-refractivity contribution in [1.82, 2.24) is 9.97 Å². The van der Waals surface area contributed by atoms with Crippen molar-refractivity contribution < 1.29 is 0 Å². The lowest BCUT2D eigenvalue weighted by atomic mass is 10.1. The summed E-state index contributed by atoms with van der Waals surface area (Å²) in [5.74, 6) is 0.960. The van der Waals surface area contributed by atoms with E-state index in [0.717, 1.165) is 25.4 Å². The Balaban J connectivity index is 0.00000161. The number of rotatable bonds is 1. The van der Waals surface area contributed by atoms with Gasteiger partial charge >= 0.3 is 0 Å². The van der Waals surface area contributed by atoms with Crippen LogP contribution in [0.1, 0.15) is 0 Å². The standard InChI is InChI=1S/C14H10Br2N4.ClH/c15-7-1-3-11(17)9(5-7)14-19-12-4-2-8(16)6-10(12)13(18)20-14;/h1-6H,17H2,(H2,18,19,20);1H. The number of anilines is 2. The Kier molecular flexibility index (Phi) is 4.70. The first-order valence-electron chi connectivity index (χ1n) is 5.83. The molecule has 0 aliphatic carbocycles. The first-order chi connectivity index (χ1) is 9.54. The molecule has 0 aliphatic rings. The van der Waals surface area contributed by atoms with Gasteiger partial charge in [0.25, 0.3) is 0 Å². The van der Waals surface area contributed by atoms with Gasteiger partial charge in [-0.2, -0.15) is 0 Å². The van der Waals surface area contributed by atoms with Crippen LogP contribution in [0.15, 0.2) is 45.3 Å². The lowest BCUT2D eigenvalue weighted by Gasteiger charge is -2.08. The molecule has 0 bridgehead atoms. The summed E-state index contributed by atoms with van der Waals surface area (Å²) in [5, 5.41) is 0.816. The van der Waals surface area contributed by atoms with Crippen LogP contribution in [0.5, 0.6) is 0 Å². The maximum atomic E-state index is 6.03. The lowest BCUT2D eigenvalue weighted by molar-refractivity contribution is 1.23. The predicted octanol–water partition coefficient (Wildman–Crippen LogP) is 4.41. The maximum absolute atomic E-state index is 6.03. The van der Waals surface area contributed by atoms with Crippen LogP contribution in [0.3, 0.4) is 0 Å². The monoisotopic (exact) mass is 428 g/mol. The molecular formula is C14H11Br2ClN4. The summed E-state index contributed by atoms with van der Waals surface area (Å²) in [6.45, 7) is 0. The minimum Gasteiger partial charge on any atom is -0.398 e. The van der Waals surface area contributed by atoms with Crippen molar-refractivity contribution in [3.8, 4) is 11.4 Å². The fourth-order valence-electron chi connectivity index (χ4n) is 1.97. The van der Waals surface area contributed by atoms with Gasteiger partial charge in [-0.15, -0.1) is 12.4 Å². The van der Waals surface area contributed by atoms with E-state index in [9.17, 15) is 0 Å². The average molecular weight is 431 g/mol. The van der Waals surface area contributed by atoms with Crippen LogP contribution < -0.4 is 11.5 Å². The van der Waals surface area contributed by atoms with Crippen molar-refractivity contribution >= 4 is 66.7 Å². The number of hydrogen-bond donors (Lipinski definition) is 2. The fourth-order valence-corrected chi connectivity index (χ4v) is 2.69. The molecule has 0 amide bonds. The van der Waals surface area contributed by atoms with E-state index in [0.29, 0.717) is 17.3 Å². The molecule has 0 atom stereocenters. The van der Waals surface area contributed by atoms with Crippen LogP contribution in [0.25, 0.3) is 22.3 Å². The van der Waals surface area contributed by atoms with Crippen molar-refractivity contribution in [2.75, 3.05) is 11.5 Å². The predicted molar refractivity (Wildman–Crippen MR) is 96.4 cm³/mol. The Morgan fingerprint density at radius 3 is 2.29 bits per heavy atom. The van der Waals surface area contributed by atoms with Gasteiger partial charge in [-0.1, -0.05) is 31.9 Å². The molecule has 108 valence electrons. The van der Waals surface area contributed by atoms with Gasteiger partial charge in [0.2, 0.25) is 0 Å². The second kappa shape index (κ2) is 6.17. The van der Waals surface area contributed by atoms with Gasteiger partial charge in [0.15, 0.2) is 5.82 Å². The summed E-state index contributed by atoms with van der Waals surface area (Å²) in [7, 11) is 0. The molecule has 4 N–H and O–H groups in total. The molecule has 0 fully saturated rings. The Hall–Kier alpha value is -1.37. The summed E-state index contributed by atoms with van der Waals surface area (Å²) >= 11 is 6.84. The van der Waals surface area contributed by atoms with Gasteiger partial charge in [0.05, 0.1) is 5.52 Å². The number of benzene rings is 2. The van der Waals surface area contributed by atoms with E-state index in [2.05, 4.69) is 41.8 Å². The molecule has 0 saturated heterocycles. The number of fused-ring (bicyclic) bond motifs is 1. The Morgan fingerprint density at radius 1 is 0.857 bits per heavy atom. The first-order valence-corrected chi connectivity index (χ1v) is 7.41. The van der Waals surface area contributed by atoms with Crippen LogP contribution >= 0.6 is 44.3 Å². The molecule has 0 unspecified atom stereocenters. The fraction of sp³-hybridized carbons (Fsp3) is 0. The number of nitrogen functional groups attached to an aromatic ring is 2. The lowest BCUT2D eigenvalue weighted by Crippen LogP contribution is -2.00. The van der Waals surface area contributed by atoms with Crippen molar-refractivity contribution in [1.29, 1.82) is 0 Å². The molecule has 21 heavy (non-hydrogen) atoms. The summed E-state index contributed by atoms with van der Waals surface area (Å²) in [4.78, 5) is 8.90. The third-order valence-corrected chi connectivity index (χ3v) is 3.93. The molecule has 1 heterocycles. The Labute approximate surface area is 144 Å². The number of nitrogens with zero attached hydrogens (tertiary/aromatic N) is 2. The third-order valence-electron chi connectivity index (χ3n) is 2.94. The van der Waals surface area contributed by atoms with Gasteiger partial charge in [-0.25, -0.2) is 9.97 Å². The molecule has 0 spiro atoms. The van der Waals surface area contributed by atoms with Gasteiger partial charge in [0.1, 0.15) is 5.82 Å². The van der Waals surface area contributed by atoms with E-state index in [-0.39, 0.29) is 12.4 Å². The molecule has 3 aromatic rings. The van der Waals surface area contributed by atoms with Gasteiger partial charge in [-0.3, -0.25) is 0 Å². The van der Waals surface area contributed by atoms with Crippen molar-refractivity contribution in [3.05, 3.63) is 45.3 Å². The van der Waals surface area contributed by atoms with E-state index < -0.39 is 0 Å². The largest absolute Gasteiger partial charge is 0.398 e. The highest BCUT2D eigenvalue weighted by Crippen LogP contribution is 2.30. The molecule has 0 radical (unpaired) electrons. The van der Waals surface area contributed by atoms with E-state index >= 15 is 0 Å². The topological polar surface area (TPSA) is 77.8 Å². The number of hydrogen-bond acceptors (Lipinski definition) is 4.